The van der Waals surface area contributed by atoms with Crippen molar-refractivity contribution in [1.82, 2.24) is 4.98 Å². The van der Waals surface area contributed by atoms with Gasteiger partial charge in [0.25, 0.3) is 0 Å². The highest BCUT2D eigenvalue weighted by atomic mass is 16.6. The average molecular weight is 164 g/mol. The third-order valence-electron chi connectivity index (χ3n) is 1.33. The summed E-state index contributed by atoms with van der Waals surface area (Å²) in [5, 5.41) is 10.2. The Labute approximate surface area is 69.7 Å². The maximum atomic E-state index is 10.2. The van der Waals surface area contributed by atoms with Crippen molar-refractivity contribution in [1.29, 1.82) is 0 Å². The van der Waals surface area contributed by atoms with Crippen LogP contribution in [0, 0.1) is 10.1 Å². The van der Waals surface area contributed by atoms with Gasteiger partial charge in [-0.3, -0.25) is 15.1 Å². The van der Waals surface area contributed by atoms with E-state index in [1.165, 1.54) is 13.0 Å². The number of aromatic nitrogens is 1. The van der Waals surface area contributed by atoms with Gasteiger partial charge in [0.15, 0.2) is 0 Å². The lowest BCUT2D eigenvalue weighted by Crippen LogP contribution is -1.93. The molecule has 4 nitrogen and oxygen atoms in total. The van der Waals surface area contributed by atoms with Gasteiger partial charge in [-0.05, 0) is 12.1 Å². The third-order valence-corrected chi connectivity index (χ3v) is 1.33. The molecule has 0 bridgehead atoms. The molecule has 0 amide bonds. The molecule has 0 unspecified atom stereocenters. The molecule has 1 heterocycles. The molecular formula is C8H8N2O2. The first-order valence-corrected chi connectivity index (χ1v) is 3.44. The highest BCUT2D eigenvalue weighted by Gasteiger charge is 2.01. The molecule has 0 radical (unpaired) electrons. The summed E-state index contributed by atoms with van der Waals surface area (Å²) in [4.78, 5) is 13.7. The molecule has 62 valence electrons. The highest BCUT2D eigenvalue weighted by Crippen LogP contribution is 2.02. The predicted molar refractivity (Wildman–Crippen MR) is 44.9 cm³/mol. The van der Waals surface area contributed by atoms with Gasteiger partial charge in [-0.25, -0.2) is 0 Å². The third kappa shape index (κ3) is 2.16. The Morgan fingerprint density at radius 2 is 2.42 bits per heavy atom. The van der Waals surface area contributed by atoms with Crippen LogP contribution in [0.5, 0.6) is 0 Å². The second-order valence-corrected chi connectivity index (χ2v) is 2.30. The molecule has 1 rings (SSSR count). The minimum atomic E-state index is -0.436. The lowest BCUT2D eigenvalue weighted by atomic mass is 10.3. The predicted octanol–water partition coefficient (Wildman–Crippen LogP) is 1.72. The van der Waals surface area contributed by atoms with Gasteiger partial charge < -0.3 is 0 Å². The van der Waals surface area contributed by atoms with Gasteiger partial charge in [0.2, 0.25) is 5.70 Å². The first-order chi connectivity index (χ1) is 5.70. The van der Waals surface area contributed by atoms with Crippen molar-refractivity contribution >= 4 is 6.08 Å². The van der Waals surface area contributed by atoms with Gasteiger partial charge in [0.05, 0.1) is 10.6 Å². The quantitative estimate of drug-likeness (QED) is 0.494. The van der Waals surface area contributed by atoms with E-state index < -0.39 is 4.92 Å². The van der Waals surface area contributed by atoms with Crippen molar-refractivity contribution in [2.24, 2.45) is 0 Å². The van der Waals surface area contributed by atoms with Crippen molar-refractivity contribution in [3.63, 3.8) is 0 Å². The molecule has 1 aromatic heterocycles. The van der Waals surface area contributed by atoms with Gasteiger partial charge in [-0.2, -0.15) is 0 Å². The molecule has 0 aromatic carbocycles. The van der Waals surface area contributed by atoms with Crippen LogP contribution in [0.25, 0.3) is 6.08 Å². The van der Waals surface area contributed by atoms with Crippen molar-refractivity contribution < 1.29 is 4.92 Å². The monoisotopic (exact) mass is 164 g/mol. The summed E-state index contributed by atoms with van der Waals surface area (Å²) in [6, 6.07) is 5.26. The van der Waals surface area contributed by atoms with E-state index >= 15 is 0 Å². The molecule has 0 atom stereocenters. The second kappa shape index (κ2) is 3.61. The molecule has 0 aliphatic carbocycles. The fourth-order valence-electron chi connectivity index (χ4n) is 0.728. The molecule has 0 saturated carbocycles. The molecule has 0 saturated heterocycles. The van der Waals surface area contributed by atoms with Crippen LogP contribution in [0.2, 0.25) is 0 Å². The van der Waals surface area contributed by atoms with Crippen molar-refractivity contribution in [2.45, 2.75) is 6.92 Å². The Balaban J connectivity index is 2.89. The van der Waals surface area contributed by atoms with Crippen LogP contribution in [0.4, 0.5) is 0 Å². The summed E-state index contributed by atoms with van der Waals surface area (Å²) < 4.78 is 0. The van der Waals surface area contributed by atoms with Gasteiger partial charge in [0, 0.05) is 19.2 Å². The van der Waals surface area contributed by atoms with Crippen LogP contribution in [-0.4, -0.2) is 9.91 Å². The zero-order valence-corrected chi connectivity index (χ0v) is 6.60. The first-order valence-electron chi connectivity index (χ1n) is 3.44. The summed E-state index contributed by atoms with van der Waals surface area (Å²) in [6.45, 7) is 1.44. The van der Waals surface area contributed by atoms with Crippen LogP contribution in [-0.2, 0) is 0 Å². The number of rotatable bonds is 2. The van der Waals surface area contributed by atoms with E-state index in [1.807, 2.05) is 0 Å². The van der Waals surface area contributed by atoms with Gasteiger partial charge in [0.1, 0.15) is 0 Å². The standard InChI is InChI=1S/C8H8N2O2/c1-7(10(11)12)6-8-4-2-3-5-9-8/h2-6H,1H3. The van der Waals surface area contributed by atoms with Crippen molar-refractivity contribution in [3.8, 4) is 0 Å². The largest absolute Gasteiger partial charge is 0.259 e. The van der Waals surface area contributed by atoms with E-state index in [4.69, 9.17) is 0 Å². The highest BCUT2D eigenvalue weighted by molar-refractivity contribution is 5.45. The van der Waals surface area contributed by atoms with Crippen LogP contribution < -0.4 is 0 Å². The smallest absolute Gasteiger partial charge is 0.245 e. The van der Waals surface area contributed by atoms with E-state index in [1.54, 1.807) is 24.4 Å². The molecule has 0 fully saturated rings. The molecule has 0 spiro atoms. The Bertz CT molecular complexity index is 306. The van der Waals surface area contributed by atoms with E-state index in [9.17, 15) is 10.1 Å². The Hall–Kier alpha value is -1.71. The molecular weight excluding hydrogens is 156 g/mol. The number of allylic oxidation sites excluding steroid dienone is 1. The number of nitro groups is 1. The second-order valence-electron chi connectivity index (χ2n) is 2.30. The summed E-state index contributed by atoms with van der Waals surface area (Å²) in [6.07, 6.45) is 3.03. The molecule has 12 heavy (non-hydrogen) atoms. The summed E-state index contributed by atoms with van der Waals surface area (Å²) >= 11 is 0. The summed E-state index contributed by atoms with van der Waals surface area (Å²) in [7, 11) is 0. The fraction of sp³-hybridized carbons (Fsp3) is 0.125. The van der Waals surface area contributed by atoms with E-state index in [2.05, 4.69) is 4.98 Å². The number of hydrogen-bond acceptors (Lipinski definition) is 3. The van der Waals surface area contributed by atoms with Gasteiger partial charge in [-0.15, -0.1) is 0 Å². The van der Waals surface area contributed by atoms with E-state index in [0.29, 0.717) is 5.69 Å². The number of nitrogens with zero attached hydrogens (tertiary/aromatic N) is 2. The lowest BCUT2D eigenvalue weighted by Gasteiger charge is -1.90. The SMILES string of the molecule is CC(=Cc1ccccn1)[N+](=O)[O-]. The van der Waals surface area contributed by atoms with E-state index in [-0.39, 0.29) is 5.70 Å². The topological polar surface area (TPSA) is 56.0 Å². The molecule has 4 heteroatoms. The Morgan fingerprint density at radius 1 is 1.67 bits per heavy atom. The fourth-order valence-corrected chi connectivity index (χ4v) is 0.728. The van der Waals surface area contributed by atoms with Gasteiger partial charge >= 0.3 is 0 Å². The lowest BCUT2D eigenvalue weighted by molar-refractivity contribution is -0.422. The summed E-state index contributed by atoms with van der Waals surface area (Å²) in [5.41, 5.74) is 0.695. The Morgan fingerprint density at radius 3 is 2.92 bits per heavy atom. The number of hydrogen-bond donors (Lipinski definition) is 0. The molecule has 0 aliphatic heterocycles. The normalized spacial score (nSPS) is 11.2. The minimum absolute atomic E-state index is 0.0914. The summed E-state index contributed by atoms with van der Waals surface area (Å²) in [5.74, 6) is 0. The van der Waals surface area contributed by atoms with Crippen LogP contribution in [0.3, 0.4) is 0 Å². The van der Waals surface area contributed by atoms with Crippen LogP contribution in [0.15, 0.2) is 30.1 Å². The number of pyridine rings is 1. The van der Waals surface area contributed by atoms with E-state index in [0.717, 1.165) is 0 Å². The molecule has 1 aromatic rings. The average Bonchev–Trinajstić information content (AvgIpc) is 2.06. The van der Waals surface area contributed by atoms with Gasteiger partial charge in [-0.1, -0.05) is 6.07 Å². The van der Waals surface area contributed by atoms with Crippen LogP contribution in [0.1, 0.15) is 12.6 Å². The van der Waals surface area contributed by atoms with Crippen molar-refractivity contribution in [3.05, 3.63) is 45.9 Å². The molecule has 0 N–H and O–H groups in total. The maximum absolute atomic E-state index is 10.2. The van der Waals surface area contributed by atoms with Crippen molar-refractivity contribution in [2.75, 3.05) is 0 Å². The Kier molecular flexibility index (Phi) is 2.53. The minimum Gasteiger partial charge on any atom is -0.259 e. The zero-order valence-electron chi connectivity index (χ0n) is 6.60. The maximum Gasteiger partial charge on any atom is 0.245 e. The first kappa shape index (κ1) is 8.39. The van der Waals surface area contributed by atoms with Crippen LogP contribution >= 0.6 is 0 Å². The molecule has 0 aliphatic rings. The zero-order chi connectivity index (χ0) is 8.97.